The van der Waals surface area contributed by atoms with E-state index in [2.05, 4.69) is 17.3 Å². The Morgan fingerprint density at radius 3 is 2.46 bits per heavy atom. The van der Waals surface area contributed by atoms with Crippen molar-refractivity contribution in [3.63, 3.8) is 0 Å². The summed E-state index contributed by atoms with van der Waals surface area (Å²) in [5, 5.41) is 7.20. The standard InChI is InChI=1S/C21H24N4O/c1-2-14-24(16-18-7-4-3-5-8-18)21(26)23-20-11-9-19(10-12-20)17-25-15-6-13-22-25/h3-13,15H,2,14,16-17H2,1H3,(H,23,26). The van der Waals surface area contributed by atoms with Crippen LogP contribution in [0.25, 0.3) is 0 Å². The van der Waals surface area contributed by atoms with Crippen molar-refractivity contribution in [1.82, 2.24) is 14.7 Å². The zero-order chi connectivity index (χ0) is 18.2. The minimum Gasteiger partial charge on any atom is -0.320 e. The van der Waals surface area contributed by atoms with Crippen molar-refractivity contribution in [2.45, 2.75) is 26.4 Å². The van der Waals surface area contributed by atoms with E-state index in [0.29, 0.717) is 6.54 Å². The molecule has 0 atom stereocenters. The molecule has 5 nitrogen and oxygen atoms in total. The number of amides is 2. The summed E-state index contributed by atoms with van der Waals surface area (Å²) in [4.78, 5) is 14.5. The molecule has 2 aromatic carbocycles. The maximum atomic E-state index is 12.6. The highest BCUT2D eigenvalue weighted by Gasteiger charge is 2.13. The lowest BCUT2D eigenvalue weighted by atomic mass is 10.2. The topological polar surface area (TPSA) is 50.2 Å². The predicted molar refractivity (Wildman–Crippen MR) is 104 cm³/mol. The van der Waals surface area contributed by atoms with Gasteiger partial charge in [-0.2, -0.15) is 5.10 Å². The number of carbonyl (C=O) groups excluding carboxylic acids is 1. The summed E-state index contributed by atoms with van der Waals surface area (Å²) in [6, 6.07) is 19.8. The molecule has 0 bridgehead atoms. The summed E-state index contributed by atoms with van der Waals surface area (Å²) in [5.41, 5.74) is 3.07. The summed E-state index contributed by atoms with van der Waals surface area (Å²) in [5.74, 6) is 0. The van der Waals surface area contributed by atoms with Crippen LogP contribution in [0.1, 0.15) is 24.5 Å². The summed E-state index contributed by atoms with van der Waals surface area (Å²) < 4.78 is 1.87. The Kier molecular flexibility index (Phi) is 6.04. The van der Waals surface area contributed by atoms with E-state index in [1.165, 1.54) is 0 Å². The van der Waals surface area contributed by atoms with Crippen LogP contribution in [-0.4, -0.2) is 27.3 Å². The Bertz CT molecular complexity index is 798. The van der Waals surface area contributed by atoms with Gasteiger partial charge in [-0.1, -0.05) is 49.4 Å². The molecular weight excluding hydrogens is 324 g/mol. The first-order chi connectivity index (χ1) is 12.7. The van der Waals surface area contributed by atoms with E-state index >= 15 is 0 Å². The van der Waals surface area contributed by atoms with Gasteiger partial charge in [-0.05, 0) is 35.7 Å². The second kappa shape index (κ2) is 8.85. The fourth-order valence-corrected chi connectivity index (χ4v) is 2.80. The number of benzene rings is 2. The van der Waals surface area contributed by atoms with Gasteiger partial charge in [0.15, 0.2) is 0 Å². The zero-order valence-corrected chi connectivity index (χ0v) is 15.0. The molecule has 0 aliphatic rings. The molecule has 0 saturated heterocycles. The minimum atomic E-state index is -0.0736. The van der Waals surface area contributed by atoms with Gasteiger partial charge in [0, 0.05) is 31.2 Å². The quantitative estimate of drug-likeness (QED) is 0.689. The summed E-state index contributed by atoms with van der Waals surface area (Å²) >= 11 is 0. The Hall–Kier alpha value is -3.08. The van der Waals surface area contributed by atoms with E-state index in [-0.39, 0.29) is 6.03 Å². The van der Waals surface area contributed by atoms with Crippen molar-refractivity contribution in [2.24, 2.45) is 0 Å². The molecule has 1 heterocycles. The summed E-state index contributed by atoms with van der Waals surface area (Å²) in [7, 11) is 0. The van der Waals surface area contributed by atoms with E-state index < -0.39 is 0 Å². The maximum Gasteiger partial charge on any atom is 0.322 e. The van der Waals surface area contributed by atoms with Crippen LogP contribution in [0.2, 0.25) is 0 Å². The van der Waals surface area contributed by atoms with E-state index in [1.807, 2.05) is 76.4 Å². The first kappa shape index (κ1) is 17.7. The fourth-order valence-electron chi connectivity index (χ4n) is 2.80. The van der Waals surface area contributed by atoms with Crippen molar-refractivity contribution < 1.29 is 4.79 Å². The van der Waals surface area contributed by atoms with Gasteiger partial charge in [0.2, 0.25) is 0 Å². The molecule has 5 heteroatoms. The Morgan fingerprint density at radius 2 is 1.81 bits per heavy atom. The summed E-state index contributed by atoms with van der Waals surface area (Å²) in [6.45, 7) is 4.13. The molecule has 0 radical (unpaired) electrons. The molecule has 0 spiro atoms. The van der Waals surface area contributed by atoms with Gasteiger partial charge in [0.1, 0.15) is 0 Å². The zero-order valence-electron chi connectivity index (χ0n) is 15.0. The predicted octanol–water partition coefficient (Wildman–Crippen LogP) is 4.38. The molecule has 0 fully saturated rings. The first-order valence-corrected chi connectivity index (χ1v) is 8.91. The second-order valence-corrected chi connectivity index (χ2v) is 6.24. The number of nitrogens with zero attached hydrogens (tertiary/aromatic N) is 3. The third kappa shape index (κ3) is 4.96. The van der Waals surface area contributed by atoms with Crippen molar-refractivity contribution in [3.05, 3.63) is 84.2 Å². The lowest BCUT2D eigenvalue weighted by molar-refractivity contribution is 0.209. The van der Waals surface area contributed by atoms with E-state index in [4.69, 9.17) is 0 Å². The number of urea groups is 1. The lowest BCUT2D eigenvalue weighted by Gasteiger charge is -2.23. The van der Waals surface area contributed by atoms with Crippen molar-refractivity contribution >= 4 is 11.7 Å². The van der Waals surface area contributed by atoms with Gasteiger partial charge in [-0.25, -0.2) is 4.79 Å². The van der Waals surface area contributed by atoms with Crippen LogP contribution in [0.3, 0.4) is 0 Å². The van der Waals surface area contributed by atoms with Crippen molar-refractivity contribution in [1.29, 1.82) is 0 Å². The van der Waals surface area contributed by atoms with E-state index in [0.717, 1.165) is 36.3 Å². The van der Waals surface area contributed by atoms with E-state index in [1.54, 1.807) is 6.20 Å². The molecule has 2 amide bonds. The number of hydrogen-bond acceptors (Lipinski definition) is 2. The minimum absolute atomic E-state index is 0.0736. The molecule has 3 aromatic rings. The largest absolute Gasteiger partial charge is 0.322 e. The van der Waals surface area contributed by atoms with Crippen LogP contribution >= 0.6 is 0 Å². The molecule has 1 N–H and O–H groups in total. The van der Waals surface area contributed by atoms with Crippen LogP contribution in [0.15, 0.2) is 73.1 Å². The highest BCUT2D eigenvalue weighted by atomic mass is 16.2. The third-order valence-corrected chi connectivity index (χ3v) is 4.11. The van der Waals surface area contributed by atoms with Gasteiger partial charge in [0.05, 0.1) is 6.54 Å². The highest BCUT2D eigenvalue weighted by Crippen LogP contribution is 2.13. The van der Waals surface area contributed by atoms with Crippen LogP contribution < -0.4 is 5.32 Å². The summed E-state index contributed by atoms with van der Waals surface area (Å²) in [6.07, 6.45) is 4.62. The number of nitrogens with one attached hydrogen (secondary N) is 1. The highest BCUT2D eigenvalue weighted by molar-refractivity contribution is 5.89. The van der Waals surface area contributed by atoms with Crippen molar-refractivity contribution in [3.8, 4) is 0 Å². The SMILES string of the molecule is CCCN(Cc1ccccc1)C(=O)Nc1ccc(Cn2cccn2)cc1. The smallest absolute Gasteiger partial charge is 0.320 e. The van der Waals surface area contributed by atoms with E-state index in [9.17, 15) is 4.79 Å². The van der Waals surface area contributed by atoms with Crippen molar-refractivity contribution in [2.75, 3.05) is 11.9 Å². The normalized spacial score (nSPS) is 10.5. The van der Waals surface area contributed by atoms with Gasteiger partial charge in [-0.15, -0.1) is 0 Å². The van der Waals surface area contributed by atoms with Gasteiger partial charge < -0.3 is 10.2 Å². The van der Waals surface area contributed by atoms with Gasteiger partial charge >= 0.3 is 6.03 Å². The maximum absolute atomic E-state index is 12.6. The Balaban J connectivity index is 1.61. The molecule has 134 valence electrons. The van der Waals surface area contributed by atoms with Crippen LogP contribution in [0.5, 0.6) is 0 Å². The Labute approximate surface area is 154 Å². The second-order valence-electron chi connectivity index (χ2n) is 6.24. The molecule has 0 unspecified atom stereocenters. The lowest BCUT2D eigenvalue weighted by Crippen LogP contribution is -2.35. The molecule has 1 aromatic heterocycles. The molecule has 0 aliphatic heterocycles. The number of rotatable bonds is 7. The molecule has 0 saturated carbocycles. The van der Waals surface area contributed by atoms with Crippen LogP contribution in [0.4, 0.5) is 10.5 Å². The number of anilines is 1. The fraction of sp³-hybridized carbons (Fsp3) is 0.238. The molecule has 0 aliphatic carbocycles. The molecule has 26 heavy (non-hydrogen) atoms. The number of carbonyl (C=O) groups is 1. The average Bonchev–Trinajstić information content (AvgIpc) is 3.17. The number of aromatic nitrogens is 2. The van der Waals surface area contributed by atoms with Gasteiger partial charge in [0.25, 0.3) is 0 Å². The monoisotopic (exact) mass is 348 g/mol. The number of hydrogen-bond donors (Lipinski definition) is 1. The van der Waals surface area contributed by atoms with Crippen LogP contribution in [0, 0.1) is 0 Å². The van der Waals surface area contributed by atoms with Gasteiger partial charge in [-0.3, -0.25) is 4.68 Å². The molecular formula is C21H24N4O. The van der Waals surface area contributed by atoms with Crippen LogP contribution in [-0.2, 0) is 13.1 Å². The first-order valence-electron chi connectivity index (χ1n) is 8.91. The average molecular weight is 348 g/mol. The molecule has 3 rings (SSSR count). The Morgan fingerprint density at radius 1 is 1.04 bits per heavy atom. The third-order valence-electron chi connectivity index (χ3n) is 4.11.